The van der Waals surface area contributed by atoms with Crippen molar-refractivity contribution in [3.05, 3.63) is 101 Å². The largest absolute Gasteiger partial charge is 0.497 e. The van der Waals surface area contributed by atoms with E-state index < -0.39 is 17.5 Å². The van der Waals surface area contributed by atoms with Gasteiger partial charge in [-0.15, -0.1) is 0 Å². The van der Waals surface area contributed by atoms with Crippen LogP contribution >= 0.6 is 0 Å². The number of hydrogen-bond acceptors (Lipinski definition) is 3. The van der Waals surface area contributed by atoms with Crippen molar-refractivity contribution in [1.82, 2.24) is 10.6 Å². The van der Waals surface area contributed by atoms with Crippen LogP contribution in [-0.4, -0.2) is 25.5 Å². The van der Waals surface area contributed by atoms with Gasteiger partial charge in [-0.1, -0.05) is 42.5 Å². The second-order valence-electron chi connectivity index (χ2n) is 6.81. The smallest absolute Gasteiger partial charge is 0.254 e. The van der Waals surface area contributed by atoms with Gasteiger partial charge in [-0.25, -0.2) is 8.78 Å². The first-order valence-electron chi connectivity index (χ1n) is 9.69. The maximum absolute atomic E-state index is 13.7. The molecular weight excluding hydrogens is 402 g/mol. The average Bonchev–Trinajstić information content (AvgIpc) is 2.78. The first kappa shape index (κ1) is 22.0. The highest BCUT2D eigenvalue weighted by molar-refractivity contribution is 5.94. The lowest BCUT2D eigenvalue weighted by atomic mass is 9.98. The molecule has 3 aromatic rings. The molecule has 0 aliphatic carbocycles. The quantitative estimate of drug-likeness (QED) is 0.575. The molecule has 0 bridgehead atoms. The standard InChI is InChI=1S/C24H22F2N2O3/c1-31-19-10-7-17(8-11-19)23(16-5-3-2-4-6-16)28-22(29)13-14-27-24(30)20-12-9-18(25)15-21(20)26/h2-12,15,23H,13-14H2,1H3,(H,27,30)(H,28,29). The van der Waals surface area contributed by atoms with Crippen LogP contribution in [0.5, 0.6) is 5.75 Å². The van der Waals surface area contributed by atoms with Crippen molar-refractivity contribution in [3.63, 3.8) is 0 Å². The van der Waals surface area contributed by atoms with Crippen molar-refractivity contribution in [2.24, 2.45) is 0 Å². The molecule has 0 saturated carbocycles. The number of methoxy groups -OCH3 is 1. The van der Waals surface area contributed by atoms with Crippen LogP contribution in [0.1, 0.15) is 33.9 Å². The molecule has 0 aliphatic rings. The Balaban J connectivity index is 1.63. The third-order valence-corrected chi connectivity index (χ3v) is 4.70. The second kappa shape index (κ2) is 10.3. The molecule has 1 atom stereocenters. The number of carbonyl (C=O) groups is 2. The lowest BCUT2D eigenvalue weighted by molar-refractivity contribution is -0.121. The maximum Gasteiger partial charge on any atom is 0.254 e. The molecule has 0 saturated heterocycles. The Morgan fingerprint density at radius 1 is 0.935 bits per heavy atom. The van der Waals surface area contributed by atoms with E-state index >= 15 is 0 Å². The highest BCUT2D eigenvalue weighted by atomic mass is 19.1. The molecule has 160 valence electrons. The van der Waals surface area contributed by atoms with E-state index in [4.69, 9.17) is 4.74 Å². The van der Waals surface area contributed by atoms with Gasteiger partial charge in [-0.3, -0.25) is 9.59 Å². The molecule has 2 amide bonds. The molecule has 7 heteroatoms. The van der Waals surface area contributed by atoms with E-state index in [-0.39, 0.29) is 30.5 Å². The van der Waals surface area contributed by atoms with Crippen molar-refractivity contribution >= 4 is 11.8 Å². The van der Waals surface area contributed by atoms with Gasteiger partial charge >= 0.3 is 0 Å². The van der Waals surface area contributed by atoms with Crippen LogP contribution in [0, 0.1) is 11.6 Å². The molecule has 3 aromatic carbocycles. The SMILES string of the molecule is COc1ccc(C(NC(=O)CCNC(=O)c2ccc(F)cc2F)c2ccccc2)cc1. The van der Waals surface area contributed by atoms with Gasteiger partial charge in [0, 0.05) is 19.0 Å². The van der Waals surface area contributed by atoms with Crippen molar-refractivity contribution in [2.75, 3.05) is 13.7 Å². The minimum atomic E-state index is -0.953. The van der Waals surface area contributed by atoms with Crippen molar-refractivity contribution in [2.45, 2.75) is 12.5 Å². The summed E-state index contributed by atoms with van der Waals surface area (Å²) in [6.07, 6.45) is -0.00591. The summed E-state index contributed by atoms with van der Waals surface area (Å²) in [6, 6.07) is 19.2. The molecule has 0 spiro atoms. The van der Waals surface area contributed by atoms with E-state index in [0.717, 1.165) is 23.3 Å². The molecule has 0 fully saturated rings. The third-order valence-electron chi connectivity index (χ3n) is 4.70. The summed E-state index contributed by atoms with van der Waals surface area (Å²) < 4.78 is 31.9. The summed E-state index contributed by atoms with van der Waals surface area (Å²) in [4.78, 5) is 24.6. The van der Waals surface area contributed by atoms with Gasteiger partial charge in [0.25, 0.3) is 5.91 Å². The van der Waals surface area contributed by atoms with Gasteiger partial charge in [-0.05, 0) is 35.4 Å². The van der Waals surface area contributed by atoms with Gasteiger partial charge in [0.15, 0.2) is 0 Å². The zero-order valence-corrected chi connectivity index (χ0v) is 16.9. The molecule has 0 aromatic heterocycles. The van der Waals surface area contributed by atoms with E-state index in [1.807, 2.05) is 54.6 Å². The molecule has 0 radical (unpaired) electrons. The van der Waals surface area contributed by atoms with Crippen LogP contribution in [0.3, 0.4) is 0 Å². The molecule has 3 rings (SSSR count). The van der Waals surface area contributed by atoms with E-state index in [9.17, 15) is 18.4 Å². The first-order chi connectivity index (χ1) is 15.0. The van der Waals surface area contributed by atoms with E-state index in [2.05, 4.69) is 10.6 Å². The van der Waals surface area contributed by atoms with Crippen LogP contribution in [0.25, 0.3) is 0 Å². The van der Waals surface area contributed by atoms with Crippen molar-refractivity contribution < 1.29 is 23.1 Å². The minimum absolute atomic E-state index is 0.00556. The minimum Gasteiger partial charge on any atom is -0.497 e. The number of nitrogens with one attached hydrogen (secondary N) is 2. The highest BCUT2D eigenvalue weighted by Gasteiger charge is 2.18. The Morgan fingerprint density at radius 2 is 1.61 bits per heavy atom. The normalized spacial score (nSPS) is 11.5. The molecule has 0 aliphatic heterocycles. The molecule has 5 nitrogen and oxygen atoms in total. The molecule has 1 unspecified atom stereocenters. The van der Waals surface area contributed by atoms with Gasteiger partial charge < -0.3 is 15.4 Å². The monoisotopic (exact) mass is 424 g/mol. The van der Waals surface area contributed by atoms with Crippen LogP contribution in [0.4, 0.5) is 8.78 Å². The fourth-order valence-corrected chi connectivity index (χ4v) is 3.09. The predicted octanol–water partition coefficient (Wildman–Crippen LogP) is 4.00. The van der Waals surface area contributed by atoms with Gasteiger partial charge in [0.2, 0.25) is 5.91 Å². The summed E-state index contributed by atoms with van der Waals surface area (Å²) in [5, 5.41) is 5.44. The Hall–Kier alpha value is -3.74. The van der Waals surface area contributed by atoms with E-state index in [0.29, 0.717) is 11.8 Å². The molecule has 31 heavy (non-hydrogen) atoms. The first-order valence-corrected chi connectivity index (χ1v) is 9.69. The van der Waals surface area contributed by atoms with Crippen molar-refractivity contribution in [3.8, 4) is 5.75 Å². The third kappa shape index (κ3) is 5.88. The topological polar surface area (TPSA) is 67.4 Å². The lowest BCUT2D eigenvalue weighted by Crippen LogP contribution is -2.33. The van der Waals surface area contributed by atoms with Gasteiger partial charge in [0.05, 0.1) is 18.7 Å². The fraction of sp³-hybridized carbons (Fsp3) is 0.167. The Bertz CT molecular complexity index is 1040. The summed E-state index contributed by atoms with van der Waals surface area (Å²) in [5.41, 5.74) is 1.50. The fourth-order valence-electron chi connectivity index (χ4n) is 3.09. The molecule has 2 N–H and O–H groups in total. The number of rotatable bonds is 8. The number of benzene rings is 3. The van der Waals surface area contributed by atoms with Crippen LogP contribution in [0.15, 0.2) is 72.8 Å². The van der Waals surface area contributed by atoms with Crippen LogP contribution < -0.4 is 15.4 Å². The summed E-state index contributed by atoms with van der Waals surface area (Å²) in [7, 11) is 1.58. The lowest BCUT2D eigenvalue weighted by Gasteiger charge is -2.20. The average molecular weight is 424 g/mol. The zero-order chi connectivity index (χ0) is 22.2. The Morgan fingerprint density at radius 3 is 2.26 bits per heavy atom. The van der Waals surface area contributed by atoms with Gasteiger partial charge in [-0.2, -0.15) is 0 Å². The Kier molecular flexibility index (Phi) is 7.32. The number of hydrogen-bond donors (Lipinski definition) is 2. The van der Waals surface area contributed by atoms with Crippen molar-refractivity contribution in [1.29, 1.82) is 0 Å². The summed E-state index contributed by atoms with van der Waals surface area (Å²) in [5.74, 6) is -2.01. The van der Waals surface area contributed by atoms with E-state index in [1.54, 1.807) is 7.11 Å². The van der Waals surface area contributed by atoms with Crippen LogP contribution in [0.2, 0.25) is 0 Å². The molecular formula is C24H22F2N2O3. The number of halogens is 2. The highest BCUT2D eigenvalue weighted by Crippen LogP contribution is 2.24. The second-order valence-corrected chi connectivity index (χ2v) is 6.81. The van der Waals surface area contributed by atoms with Gasteiger partial charge in [0.1, 0.15) is 17.4 Å². The van der Waals surface area contributed by atoms with Crippen LogP contribution in [-0.2, 0) is 4.79 Å². The number of ether oxygens (including phenoxy) is 1. The van der Waals surface area contributed by atoms with E-state index in [1.165, 1.54) is 0 Å². The predicted molar refractivity (Wildman–Crippen MR) is 113 cm³/mol. The number of amides is 2. The summed E-state index contributed by atoms with van der Waals surface area (Å²) >= 11 is 0. The Labute approximate surface area is 179 Å². The molecule has 0 heterocycles. The summed E-state index contributed by atoms with van der Waals surface area (Å²) in [6.45, 7) is 0.00556. The zero-order valence-electron chi connectivity index (χ0n) is 16.9. The number of carbonyl (C=O) groups excluding carboxylic acids is 2. The maximum atomic E-state index is 13.7.